The summed E-state index contributed by atoms with van der Waals surface area (Å²) in [7, 11) is 0. The summed E-state index contributed by atoms with van der Waals surface area (Å²) in [4.78, 5) is 15.6. The third kappa shape index (κ3) is 1.78. The van der Waals surface area contributed by atoms with Gasteiger partial charge in [0.15, 0.2) is 5.69 Å². The first-order valence-electron chi connectivity index (χ1n) is 5.43. The first-order chi connectivity index (χ1) is 7.74. The van der Waals surface area contributed by atoms with Crippen molar-refractivity contribution in [3.63, 3.8) is 0 Å². The average molecular weight is 218 g/mol. The van der Waals surface area contributed by atoms with E-state index >= 15 is 0 Å². The third-order valence-electron chi connectivity index (χ3n) is 2.57. The minimum absolute atomic E-state index is 0.295. The van der Waals surface area contributed by atoms with Crippen LogP contribution in [0, 0.1) is 0 Å². The van der Waals surface area contributed by atoms with Crippen LogP contribution in [0.5, 0.6) is 0 Å². The molecule has 0 radical (unpaired) electrons. The Morgan fingerprint density at radius 3 is 3.00 bits per heavy atom. The highest BCUT2D eigenvalue weighted by molar-refractivity contribution is 5.88. The fourth-order valence-corrected chi connectivity index (χ4v) is 1.79. The predicted octanol–water partition coefficient (Wildman–Crippen LogP) is 2.38. The maximum atomic E-state index is 11.2. The maximum absolute atomic E-state index is 11.2. The summed E-state index contributed by atoms with van der Waals surface area (Å²) in [5, 5.41) is 9.19. The fourth-order valence-electron chi connectivity index (χ4n) is 1.79. The molecule has 0 saturated heterocycles. The van der Waals surface area contributed by atoms with Crippen LogP contribution >= 0.6 is 0 Å². The SMILES string of the molecule is CCCCc1nc2ccccn2c1C(=O)O. The topological polar surface area (TPSA) is 54.6 Å². The van der Waals surface area contributed by atoms with Crippen molar-refractivity contribution >= 4 is 11.6 Å². The molecule has 0 bridgehead atoms. The highest BCUT2D eigenvalue weighted by Gasteiger charge is 2.17. The summed E-state index contributed by atoms with van der Waals surface area (Å²) in [5.74, 6) is -0.912. The Kier molecular flexibility index (Phi) is 2.90. The summed E-state index contributed by atoms with van der Waals surface area (Å²) in [6.45, 7) is 2.08. The zero-order valence-electron chi connectivity index (χ0n) is 9.18. The number of carboxylic acid groups (broad SMARTS) is 1. The standard InChI is InChI=1S/C12H14N2O2/c1-2-3-6-9-11(12(15)16)14-8-5-4-7-10(14)13-9/h4-5,7-8H,2-3,6H2,1H3,(H,15,16). The second-order valence-electron chi connectivity index (χ2n) is 3.74. The smallest absolute Gasteiger partial charge is 0.354 e. The molecule has 0 aromatic carbocycles. The number of nitrogens with zero attached hydrogens (tertiary/aromatic N) is 2. The second-order valence-corrected chi connectivity index (χ2v) is 3.74. The number of hydrogen-bond acceptors (Lipinski definition) is 2. The Morgan fingerprint density at radius 1 is 1.50 bits per heavy atom. The molecule has 0 fully saturated rings. The maximum Gasteiger partial charge on any atom is 0.354 e. The molecular formula is C12H14N2O2. The molecule has 2 heterocycles. The number of imidazole rings is 1. The largest absolute Gasteiger partial charge is 0.477 e. The molecule has 84 valence electrons. The molecule has 0 spiro atoms. The molecule has 0 aliphatic rings. The van der Waals surface area contributed by atoms with Crippen LogP contribution in [0.15, 0.2) is 24.4 Å². The number of aromatic carboxylic acids is 1. The zero-order valence-corrected chi connectivity index (χ0v) is 9.18. The quantitative estimate of drug-likeness (QED) is 0.857. The summed E-state index contributed by atoms with van der Waals surface area (Å²) in [6.07, 6.45) is 4.46. The third-order valence-corrected chi connectivity index (χ3v) is 2.57. The van der Waals surface area contributed by atoms with E-state index in [9.17, 15) is 9.90 Å². The molecule has 2 rings (SSSR count). The molecule has 0 aliphatic heterocycles. The van der Waals surface area contributed by atoms with Crippen molar-refractivity contribution < 1.29 is 9.90 Å². The molecule has 2 aromatic heterocycles. The molecule has 16 heavy (non-hydrogen) atoms. The van der Waals surface area contributed by atoms with Gasteiger partial charge < -0.3 is 5.11 Å². The van der Waals surface area contributed by atoms with Crippen LogP contribution in [0.25, 0.3) is 5.65 Å². The number of rotatable bonds is 4. The van der Waals surface area contributed by atoms with Crippen molar-refractivity contribution in [1.29, 1.82) is 0 Å². The normalized spacial score (nSPS) is 10.8. The van der Waals surface area contributed by atoms with E-state index in [4.69, 9.17) is 0 Å². The van der Waals surface area contributed by atoms with Gasteiger partial charge in [-0.3, -0.25) is 4.40 Å². The average Bonchev–Trinajstić information content (AvgIpc) is 2.64. The molecule has 0 aliphatic carbocycles. The van der Waals surface area contributed by atoms with Gasteiger partial charge in [0.2, 0.25) is 0 Å². The summed E-state index contributed by atoms with van der Waals surface area (Å²) < 4.78 is 1.63. The van der Waals surface area contributed by atoms with E-state index in [-0.39, 0.29) is 0 Å². The lowest BCUT2D eigenvalue weighted by Crippen LogP contribution is -2.05. The highest BCUT2D eigenvalue weighted by atomic mass is 16.4. The van der Waals surface area contributed by atoms with Crippen molar-refractivity contribution in [3.05, 3.63) is 35.8 Å². The molecule has 0 amide bonds. The Morgan fingerprint density at radius 2 is 2.31 bits per heavy atom. The zero-order chi connectivity index (χ0) is 11.5. The lowest BCUT2D eigenvalue weighted by molar-refractivity contribution is 0.0688. The number of aromatic nitrogens is 2. The van der Waals surface area contributed by atoms with Gasteiger partial charge >= 0.3 is 5.97 Å². The van der Waals surface area contributed by atoms with Crippen LogP contribution in [-0.2, 0) is 6.42 Å². The van der Waals surface area contributed by atoms with E-state index in [0.717, 1.165) is 19.3 Å². The van der Waals surface area contributed by atoms with Gasteiger partial charge in [0.1, 0.15) is 5.65 Å². The minimum atomic E-state index is -0.912. The molecule has 0 saturated carbocycles. The fraction of sp³-hybridized carbons (Fsp3) is 0.333. The Balaban J connectivity index is 2.54. The molecule has 1 N–H and O–H groups in total. The first kappa shape index (κ1) is 10.7. The van der Waals surface area contributed by atoms with Crippen LogP contribution in [-0.4, -0.2) is 20.5 Å². The lowest BCUT2D eigenvalue weighted by atomic mass is 10.2. The van der Waals surface area contributed by atoms with Crippen LogP contribution in [0.1, 0.15) is 35.9 Å². The van der Waals surface area contributed by atoms with Crippen molar-refractivity contribution in [1.82, 2.24) is 9.38 Å². The lowest BCUT2D eigenvalue weighted by Gasteiger charge is -1.98. The van der Waals surface area contributed by atoms with E-state index in [1.54, 1.807) is 10.6 Å². The van der Waals surface area contributed by atoms with Gasteiger partial charge in [0, 0.05) is 6.20 Å². The van der Waals surface area contributed by atoms with Crippen molar-refractivity contribution in [2.45, 2.75) is 26.2 Å². The molecule has 0 atom stereocenters. The number of hydrogen-bond donors (Lipinski definition) is 1. The Bertz CT molecular complexity index is 517. The van der Waals surface area contributed by atoms with Gasteiger partial charge in [-0.1, -0.05) is 19.4 Å². The summed E-state index contributed by atoms with van der Waals surface area (Å²) in [6, 6.07) is 5.49. The van der Waals surface area contributed by atoms with Crippen molar-refractivity contribution in [2.24, 2.45) is 0 Å². The van der Waals surface area contributed by atoms with E-state index in [1.807, 2.05) is 18.2 Å². The second kappa shape index (κ2) is 4.35. The van der Waals surface area contributed by atoms with Gasteiger partial charge in [0.05, 0.1) is 5.69 Å². The molecule has 4 heteroatoms. The van der Waals surface area contributed by atoms with Gasteiger partial charge in [-0.05, 0) is 25.0 Å². The van der Waals surface area contributed by atoms with E-state index < -0.39 is 5.97 Å². The van der Waals surface area contributed by atoms with Gasteiger partial charge in [-0.2, -0.15) is 0 Å². The predicted molar refractivity (Wildman–Crippen MR) is 60.8 cm³/mol. The van der Waals surface area contributed by atoms with E-state index in [2.05, 4.69) is 11.9 Å². The Hall–Kier alpha value is -1.84. The molecular weight excluding hydrogens is 204 g/mol. The minimum Gasteiger partial charge on any atom is -0.477 e. The van der Waals surface area contributed by atoms with Crippen molar-refractivity contribution in [3.8, 4) is 0 Å². The summed E-state index contributed by atoms with van der Waals surface area (Å²) >= 11 is 0. The van der Waals surface area contributed by atoms with Crippen LogP contribution in [0.3, 0.4) is 0 Å². The molecule has 2 aromatic rings. The number of aryl methyl sites for hydroxylation is 1. The monoisotopic (exact) mass is 218 g/mol. The highest BCUT2D eigenvalue weighted by Crippen LogP contribution is 2.14. The number of unbranched alkanes of at least 4 members (excludes halogenated alkanes) is 1. The molecule has 0 unspecified atom stereocenters. The number of carboxylic acids is 1. The first-order valence-corrected chi connectivity index (χ1v) is 5.43. The Labute approximate surface area is 93.5 Å². The van der Waals surface area contributed by atoms with Crippen LogP contribution < -0.4 is 0 Å². The van der Waals surface area contributed by atoms with Crippen LogP contribution in [0.2, 0.25) is 0 Å². The number of carbonyl (C=O) groups is 1. The van der Waals surface area contributed by atoms with E-state index in [1.165, 1.54) is 0 Å². The van der Waals surface area contributed by atoms with Crippen molar-refractivity contribution in [2.75, 3.05) is 0 Å². The van der Waals surface area contributed by atoms with Gasteiger partial charge in [-0.15, -0.1) is 0 Å². The van der Waals surface area contributed by atoms with Gasteiger partial charge in [-0.25, -0.2) is 9.78 Å². The summed E-state index contributed by atoms with van der Waals surface area (Å²) in [5.41, 5.74) is 1.68. The van der Waals surface area contributed by atoms with E-state index in [0.29, 0.717) is 17.0 Å². The number of fused-ring (bicyclic) bond motifs is 1. The van der Waals surface area contributed by atoms with Crippen LogP contribution in [0.4, 0.5) is 0 Å². The number of pyridine rings is 1. The van der Waals surface area contributed by atoms with Gasteiger partial charge in [0.25, 0.3) is 0 Å². The molecule has 4 nitrogen and oxygen atoms in total.